The molecule has 0 N–H and O–H groups in total. The number of aromatic nitrogens is 2. The number of piperidine rings is 1. The van der Waals surface area contributed by atoms with Gasteiger partial charge in [-0.2, -0.15) is 4.98 Å². The molecule has 1 unspecified atom stereocenters. The fourth-order valence-corrected chi connectivity index (χ4v) is 3.35. The summed E-state index contributed by atoms with van der Waals surface area (Å²) in [5, 5.41) is 4.10. The van der Waals surface area contributed by atoms with Gasteiger partial charge in [0.05, 0.1) is 5.92 Å². The second-order valence-electron chi connectivity index (χ2n) is 6.36. The molecule has 5 nitrogen and oxygen atoms in total. The molecular weight excluding hydrogens is 358 g/mol. The van der Waals surface area contributed by atoms with Crippen molar-refractivity contribution in [1.29, 1.82) is 0 Å². The summed E-state index contributed by atoms with van der Waals surface area (Å²) in [4.78, 5) is 18.8. The monoisotopic (exact) mass is 375 g/mol. The molecule has 2 fully saturated rings. The molecule has 1 aromatic heterocycles. The van der Waals surface area contributed by atoms with E-state index in [0.29, 0.717) is 24.2 Å². The van der Waals surface area contributed by atoms with Crippen LogP contribution in [0.4, 0.5) is 0 Å². The van der Waals surface area contributed by atoms with Gasteiger partial charge in [-0.15, -0.1) is 0 Å². The zero-order valence-electron chi connectivity index (χ0n) is 12.7. The van der Waals surface area contributed by atoms with Crippen molar-refractivity contribution in [3.8, 4) is 11.4 Å². The van der Waals surface area contributed by atoms with Gasteiger partial charge in [-0.3, -0.25) is 4.79 Å². The zero-order chi connectivity index (χ0) is 15.8. The van der Waals surface area contributed by atoms with Gasteiger partial charge in [0.15, 0.2) is 0 Å². The first-order valence-corrected chi connectivity index (χ1v) is 8.88. The highest BCUT2D eigenvalue weighted by Crippen LogP contribution is 2.34. The van der Waals surface area contributed by atoms with Crippen molar-refractivity contribution < 1.29 is 9.32 Å². The fourth-order valence-electron chi connectivity index (χ4n) is 3.08. The van der Waals surface area contributed by atoms with Gasteiger partial charge in [-0.1, -0.05) is 21.1 Å². The highest BCUT2D eigenvalue weighted by molar-refractivity contribution is 9.10. The molecule has 2 aliphatic rings. The van der Waals surface area contributed by atoms with Crippen molar-refractivity contribution in [2.45, 2.75) is 31.6 Å². The topological polar surface area (TPSA) is 59.2 Å². The summed E-state index contributed by atoms with van der Waals surface area (Å²) in [5.74, 6) is 2.00. The average Bonchev–Trinajstić information content (AvgIpc) is 3.32. The van der Waals surface area contributed by atoms with Crippen LogP contribution in [0.25, 0.3) is 11.4 Å². The van der Waals surface area contributed by atoms with Crippen molar-refractivity contribution in [1.82, 2.24) is 15.0 Å². The molecule has 0 radical (unpaired) electrons. The lowest BCUT2D eigenvalue weighted by molar-refractivity contribution is -0.133. The maximum absolute atomic E-state index is 12.3. The lowest BCUT2D eigenvalue weighted by atomic mass is 9.97. The molecular formula is C17H18BrN3O2. The Morgan fingerprint density at radius 2 is 2.00 bits per heavy atom. The molecule has 1 aromatic carbocycles. The summed E-state index contributed by atoms with van der Waals surface area (Å²) in [6, 6.07) is 7.84. The second-order valence-corrected chi connectivity index (χ2v) is 7.28. The van der Waals surface area contributed by atoms with Crippen LogP contribution in [0.3, 0.4) is 0 Å². The van der Waals surface area contributed by atoms with Crippen LogP contribution in [0.2, 0.25) is 0 Å². The lowest BCUT2D eigenvalue weighted by Crippen LogP contribution is -2.40. The standard InChI is InChI=1S/C17H18BrN3O2/c18-14-7-5-11(6-8-14)15-19-16(23-20-15)13-2-1-9-21(10-13)17(22)12-3-4-12/h5-8,12-13H,1-4,9-10H2. The molecule has 4 rings (SSSR count). The summed E-state index contributed by atoms with van der Waals surface area (Å²) < 4.78 is 6.50. The average molecular weight is 376 g/mol. The molecule has 0 bridgehead atoms. The Kier molecular flexibility index (Phi) is 3.93. The van der Waals surface area contributed by atoms with Gasteiger partial charge in [-0.05, 0) is 49.9 Å². The molecule has 0 spiro atoms. The number of rotatable bonds is 3. The minimum Gasteiger partial charge on any atom is -0.342 e. The number of hydrogen-bond acceptors (Lipinski definition) is 4. The highest BCUT2D eigenvalue weighted by atomic mass is 79.9. The van der Waals surface area contributed by atoms with Gasteiger partial charge in [0.2, 0.25) is 17.6 Å². The number of carbonyl (C=O) groups is 1. The summed E-state index contributed by atoms with van der Waals surface area (Å²) >= 11 is 3.42. The number of likely N-dealkylation sites (tertiary alicyclic amines) is 1. The van der Waals surface area contributed by atoms with Crippen LogP contribution >= 0.6 is 15.9 Å². The molecule has 120 valence electrons. The van der Waals surface area contributed by atoms with Crippen LogP contribution in [-0.4, -0.2) is 34.0 Å². The third-order valence-electron chi connectivity index (χ3n) is 4.55. The molecule has 1 saturated carbocycles. The number of nitrogens with zero attached hydrogens (tertiary/aromatic N) is 3. The largest absolute Gasteiger partial charge is 0.342 e. The Labute approximate surface area is 143 Å². The van der Waals surface area contributed by atoms with Crippen LogP contribution in [0.1, 0.15) is 37.5 Å². The minimum atomic E-state index is 0.156. The highest BCUT2D eigenvalue weighted by Gasteiger charge is 2.36. The van der Waals surface area contributed by atoms with Crippen LogP contribution in [-0.2, 0) is 4.79 Å². The van der Waals surface area contributed by atoms with E-state index in [0.717, 1.165) is 42.3 Å². The Morgan fingerprint density at radius 3 is 2.74 bits per heavy atom. The van der Waals surface area contributed by atoms with Gasteiger partial charge in [0.1, 0.15) is 0 Å². The van der Waals surface area contributed by atoms with E-state index in [1.165, 1.54) is 0 Å². The third kappa shape index (κ3) is 3.17. The first-order valence-electron chi connectivity index (χ1n) is 8.09. The maximum Gasteiger partial charge on any atom is 0.231 e. The van der Waals surface area contributed by atoms with Crippen LogP contribution in [0.15, 0.2) is 33.3 Å². The molecule has 1 amide bonds. The summed E-state index contributed by atoms with van der Waals surface area (Å²) in [5.41, 5.74) is 0.935. The van der Waals surface area contributed by atoms with E-state index < -0.39 is 0 Å². The Bertz CT molecular complexity index is 709. The van der Waals surface area contributed by atoms with Crippen LogP contribution < -0.4 is 0 Å². The molecule has 1 saturated heterocycles. The summed E-state index contributed by atoms with van der Waals surface area (Å²) in [6.45, 7) is 1.57. The van der Waals surface area contributed by atoms with E-state index in [1.807, 2.05) is 29.2 Å². The van der Waals surface area contributed by atoms with E-state index in [4.69, 9.17) is 4.52 Å². The molecule has 1 aliphatic heterocycles. The molecule has 2 heterocycles. The Hall–Kier alpha value is -1.69. The normalized spacial score (nSPS) is 21.4. The number of amides is 1. The number of hydrogen-bond donors (Lipinski definition) is 0. The minimum absolute atomic E-state index is 0.156. The van der Waals surface area contributed by atoms with E-state index >= 15 is 0 Å². The SMILES string of the molecule is O=C(C1CC1)N1CCCC(c2nc(-c3ccc(Br)cc3)no2)C1. The number of halogens is 1. The van der Waals surface area contributed by atoms with Crippen molar-refractivity contribution in [3.63, 3.8) is 0 Å². The smallest absolute Gasteiger partial charge is 0.231 e. The Morgan fingerprint density at radius 1 is 1.22 bits per heavy atom. The van der Waals surface area contributed by atoms with E-state index in [-0.39, 0.29) is 11.8 Å². The quantitative estimate of drug-likeness (QED) is 0.821. The van der Waals surface area contributed by atoms with E-state index in [9.17, 15) is 4.79 Å². The first-order chi connectivity index (χ1) is 11.2. The number of benzene rings is 1. The van der Waals surface area contributed by atoms with Crippen molar-refractivity contribution in [3.05, 3.63) is 34.6 Å². The van der Waals surface area contributed by atoms with Crippen molar-refractivity contribution in [2.24, 2.45) is 5.92 Å². The van der Waals surface area contributed by atoms with E-state index in [1.54, 1.807) is 0 Å². The van der Waals surface area contributed by atoms with Gasteiger partial charge < -0.3 is 9.42 Å². The molecule has 2 aromatic rings. The summed E-state index contributed by atoms with van der Waals surface area (Å²) in [6.07, 6.45) is 4.10. The number of carbonyl (C=O) groups excluding carboxylic acids is 1. The zero-order valence-corrected chi connectivity index (χ0v) is 14.3. The predicted octanol–water partition coefficient (Wildman–Crippen LogP) is 3.62. The molecule has 23 heavy (non-hydrogen) atoms. The van der Waals surface area contributed by atoms with Crippen molar-refractivity contribution >= 4 is 21.8 Å². The lowest BCUT2D eigenvalue weighted by Gasteiger charge is -2.31. The Balaban J connectivity index is 1.49. The van der Waals surface area contributed by atoms with Crippen molar-refractivity contribution in [2.75, 3.05) is 13.1 Å². The predicted molar refractivity (Wildman–Crippen MR) is 88.7 cm³/mol. The maximum atomic E-state index is 12.3. The fraction of sp³-hybridized carbons (Fsp3) is 0.471. The molecule has 6 heteroatoms. The summed E-state index contributed by atoms with van der Waals surface area (Å²) in [7, 11) is 0. The van der Waals surface area contributed by atoms with Gasteiger partial charge in [0, 0.05) is 29.0 Å². The van der Waals surface area contributed by atoms with Gasteiger partial charge in [0.25, 0.3) is 0 Å². The molecule has 1 aliphatic carbocycles. The van der Waals surface area contributed by atoms with Crippen LogP contribution in [0, 0.1) is 5.92 Å². The first kappa shape index (κ1) is 14.9. The van der Waals surface area contributed by atoms with E-state index in [2.05, 4.69) is 26.1 Å². The molecule has 1 atom stereocenters. The van der Waals surface area contributed by atoms with Gasteiger partial charge >= 0.3 is 0 Å². The van der Waals surface area contributed by atoms with Gasteiger partial charge in [-0.25, -0.2) is 0 Å². The third-order valence-corrected chi connectivity index (χ3v) is 5.08. The van der Waals surface area contributed by atoms with Crippen LogP contribution in [0.5, 0.6) is 0 Å². The second kappa shape index (κ2) is 6.07.